The zero-order chi connectivity index (χ0) is 14.2. The first-order valence-electron chi connectivity index (χ1n) is 7.39. The summed E-state index contributed by atoms with van der Waals surface area (Å²) in [5.41, 5.74) is 1.59. The highest BCUT2D eigenvalue weighted by molar-refractivity contribution is 9.12. The average Bonchev–Trinajstić information content (AvgIpc) is 2.99. The topological polar surface area (TPSA) is 21.3 Å². The molecule has 0 radical (unpaired) electrons. The van der Waals surface area contributed by atoms with Crippen LogP contribution in [0.3, 0.4) is 0 Å². The number of halogens is 2. The summed E-state index contributed by atoms with van der Waals surface area (Å²) >= 11 is 9.08. The van der Waals surface area contributed by atoms with Gasteiger partial charge in [0.1, 0.15) is 0 Å². The minimum atomic E-state index is 0.192. The van der Waals surface area contributed by atoms with Gasteiger partial charge in [-0.2, -0.15) is 0 Å². The van der Waals surface area contributed by atoms with Gasteiger partial charge in [-0.1, -0.05) is 12.8 Å². The van der Waals surface area contributed by atoms with E-state index in [0.29, 0.717) is 12.0 Å². The molecule has 1 N–H and O–H groups in total. The molecule has 2 aliphatic rings. The summed E-state index contributed by atoms with van der Waals surface area (Å²) in [7, 11) is 2.08. The second-order valence-electron chi connectivity index (χ2n) is 6.04. The Labute approximate surface area is 141 Å². The molecule has 20 heavy (non-hydrogen) atoms. The maximum atomic E-state index is 6.18. The van der Waals surface area contributed by atoms with Crippen LogP contribution >= 0.6 is 43.2 Å². The van der Waals surface area contributed by atoms with Crippen molar-refractivity contribution in [1.82, 2.24) is 5.32 Å². The first-order chi connectivity index (χ1) is 9.63. The Bertz CT molecular complexity index is 470. The molecule has 2 fully saturated rings. The van der Waals surface area contributed by atoms with E-state index in [-0.39, 0.29) is 5.60 Å². The van der Waals surface area contributed by atoms with Crippen LogP contribution in [0.1, 0.15) is 50.1 Å². The van der Waals surface area contributed by atoms with Gasteiger partial charge in [0.15, 0.2) is 0 Å². The van der Waals surface area contributed by atoms with E-state index in [1.807, 2.05) is 0 Å². The van der Waals surface area contributed by atoms with E-state index in [4.69, 9.17) is 4.74 Å². The number of nitrogens with one attached hydrogen (secondary N) is 1. The summed E-state index contributed by atoms with van der Waals surface area (Å²) in [6.45, 7) is 0.922. The zero-order valence-corrected chi connectivity index (χ0v) is 15.7. The Morgan fingerprint density at radius 1 is 1.40 bits per heavy atom. The van der Waals surface area contributed by atoms with Crippen molar-refractivity contribution in [3.8, 4) is 0 Å². The van der Waals surface area contributed by atoms with Gasteiger partial charge in [0.05, 0.1) is 13.2 Å². The van der Waals surface area contributed by atoms with Crippen molar-refractivity contribution in [2.24, 2.45) is 5.92 Å². The van der Waals surface area contributed by atoms with E-state index >= 15 is 0 Å². The highest BCUT2D eigenvalue weighted by atomic mass is 79.9. The third-order valence-corrected chi connectivity index (χ3v) is 7.23. The lowest BCUT2D eigenvalue weighted by atomic mass is 9.79. The fourth-order valence-corrected chi connectivity index (χ4v) is 6.86. The molecule has 1 saturated carbocycles. The molecule has 0 amide bonds. The van der Waals surface area contributed by atoms with Crippen molar-refractivity contribution >= 4 is 43.2 Å². The molecule has 1 aromatic rings. The normalized spacial score (nSPS) is 27.1. The number of rotatable bonds is 3. The smallest absolute Gasteiger partial charge is 0.0758 e. The van der Waals surface area contributed by atoms with Crippen LogP contribution in [0, 0.1) is 5.92 Å². The van der Waals surface area contributed by atoms with Crippen LogP contribution in [0.2, 0.25) is 0 Å². The van der Waals surface area contributed by atoms with Crippen molar-refractivity contribution in [2.45, 2.75) is 50.2 Å². The Morgan fingerprint density at radius 2 is 2.15 bits per heavy atom. The molecule has 1 spiro atoms. The summed E-state index contributed by atoms with van der Waals surface area (Å²) in [6, 6.07) is 2.68. The number of thiophene rings is 1. The SMILES string of the molecule is CNC(c1cc(Br)sc1Br)C1CCOC2(CCCC2)C1. The van der Waals surface area contributed by atoms with Gasteiger partial charge < -0.3 is 10.1 Å². The maximum absolute atomic E-state index is 6.18. The third-order valence-electron chi connectivity index (χ3n) is 4.85. The van der Waals surface area contributed by atoms with Gasteiger partial charge in [-0.25, -0.2) is 0 Å². The zero-order valence-electron chi connectivity index (χ0n) is 11.8. The molecule has 1 aliphatic heterocycles. The van der Waals surface area contributed by atoms with Gasteiger partial charge >= 0.3 is 0 Å². The molecule has 0 aromatic carbocycles. The molecule has 2 atom stereocenters. The minimum absolute atomic E-state index is 0.192. The summed E-state index contributed by atoms with van der Waals surface area (Å²) in [4.78, 5) is 0. The molecule has 1 saturated heterocycles. The van der Waals surface area contributed by atoms with Gasteiger partial charge in [0.2, 0.25) is 0 Å². The number of hydrogen-bond donors (Lipinski definition) is 1. The molecular formula is C15H21Br2NOS. The fourth-order valence-electron chi connectivity index (χ4n) is 3.93. The molecule has 3 rings (SSSR count). The third kappa shape index (κ3) is 3.02. The molecule has 2 heterocycles. The molecule has 2 nitrogen and oxygen atoms in total. The van der Waals surface area contributed by atoms with Crippen molar-refractivity contribution < 1.29 is 4.74 Å². The Hall–Kier alpha value is 0.580. The molecule has 1 aliphatic carbocycles. The second-order valence-corrected chi connectivity index (χ2v) is 9.79. The predicted molar refractivity (Wildman–Crippen MR) is 91.4 cm³/mol. The van der Waals surface area contributed by atoms with Crippen molar-refractivity contribution in [1.29, 1.82) is 0 Å². The van der Waals surface area contributed by atoms with Gasteiger partial charge in [-0.15, -0.1) is 11.3 Å². The van der Waals surface area contributed by atoms with Gasteiger partial charge in [0.25, 0.3) is 0 Å². The number of hydrogen-bond acceptors (Lipinski definition) is 3. The van der Waals surface area contributed by atoms with E-state index in [9.17, 15) is 0 Å². The first kappa shape index (κ1) is 15.5. The quantitative estimate of drug-likeness (QED) is 0.715. The standard InChI is InChI=1S/C15H21Br2NOS/c1-18-13(11-8-12(16)20-14(11)17)10-4-7-19-15(9-10)5-2-3-6-15/h8,10,13,18H,2-7,9H2,1H3. The molecule has 0 bridgehead atoms. The lowest BCUT2D eigenvalue weighted by molar-refractivity contribution is -0.0979. The lowest BCUT2D eigenvalue weighted by Crippen LogP contribution is -2.41. The van der Waals surface area contributed by atoms with E-state index in [2.05, 4.69) is 50.3 Å². The molecular weight excluding hydrogens is 402 g/mol. The summed E-state index contributed by atoms with van der Waals surface area (Å²) in [5.74, 6) is 0.671. The lowest BCUT2D eigenvalue weighted by Gasteiger charge is -2.41. The maximum Gasteiger partial charge on any atom is 0.0758 e. The van der Waals surface area contributed by atoms with E-state index in [0.717, 1.165) is 13.0 Å². The van der Waals surface area contributed by atoms with Crippen LogP contribution in [-0.2, 0) is 4.74 Å². The van der Waals surface area contributed by atoms with Crippen molar-refractivity contribution in [2.75, 3.05) is 13.7 Å². The summed E-state index contributed by atoms with van der Waals surface area (Å²) in [6.07, 6.45) is 7.56. The molecule has 112 valence electrons. The molecule has 1 aromatic heterocycles. The van der Waals surface area contributed by atoms with Crippen LogP contribution in [0.5, 0.6) is 0 Å². The largest absolute Gasteiger partial charge is 0.375 e. The molecule has 2 unspecified atom stereocenters. The first-order valence-corrected chi connectivity index (χ1v) is 9.80. The minimum Gasteiger partial charge on any atom is -0.375 e. The Balaban J connectivity index is 1.80. The second kappa shape index (κ2) is 6.37. The fraction of sp³-hybridized carbons (Fsp3) is 0.733. The highest BCUT2D eigenvalue weighted by Gasteiger charge is 2.42. The van der Waals surface area contributed by atoms with Crippen molar-refractivity contribution in [3.63, 3.8) is 0 Å². The summed E-state index contributed by atoms with van der Waals surface area (Å²) < 4.78 is 8.62. The Morgan fingerprint density at radius 3 is 2.75 bits per heavy atom. The van der Waals surface area contributed by atoms with Gasteiger partial charge in [0, 0.05) is 12.6 Å². The predicted octanol–water partition coefficient (Wildman–Crippen LogP) is 5.27. The van der Waals surface area contributed by atoms with Crippen LogP contribution in [0.15, 0.2) is 13.6 Å². The van der Waals surface area contributed by atoms with E-state index < -0.39 is 0 Å². The highest BCUT2D eigenvalue weighted by Crippen LogP contribution is 2.47. The van der Waals surface area contributed by atoms with Crippen LogP contribution in [-0.4, -0.2) is 19.3 Å². The van der Waals surface area contributed by atoms with E-state index in [1.54, 1.807) is 11.3 Å². The van der Waals surface area contributed by atoms with Crippen LogP contribution in [0.4, 0.5) is 0 Å². The Kier molecular flexibility index (Phi) is 4.93. The van der Waals surface area contributed by atoms with Crippen molar-refractivity contribution in [3.05, 3.63) is 19.2 Å². The summed E-state index contributed by atoms with van der Waals surface area (Å²) in [5, 5.41) is 3.55. The number of ether oxygens (including phenoxy) is 1. The van der Waals surface area contributed by atoms with Gasteiger partial charge in [-0.3, -0.25) is 0 Å². The average molecular weight is 423 g/mol. The van der Waals surface area contributed by atoms with Crippen LogP contribution < -0.4 is 5.32 Å². The van der Waals surface area contributed by atoms with Crippen LogP contribution in [0.25, 0.3) is 0 Å². The molecule has 5 heteroatoms. The van der Waals surface area contributed by atoms with Gasteiger partial charge in [-0.05, 0) is 82.1 Å². The van der Waals surface area contributed by atoms with E-state index in [1.165, 1.54) is 45.2 Å². The monoisotopic (exact) mass is 421 g/mol.